The zero-order valence-corrected chi connectivity index (χ0v) is 31.0. The van der Waals surface area contributed by atoms with Crippen molar-refractivity contribution in [1.29, 1.82) is 0 Å². The first-order valence-corrected chi connectivity index (χ1v) is 17.8. The third-order valence-corrected chi connectivity index (χ3v) is 9.96. The van der Waals surface area contributed by atoms with Crippen LogP contribution in [-0.2, 0) is 4.79 Å². The van der Waals surface area contributed by atoms with E-state index in [1.54, 1.807) is 54.2 Å². The molecule has 0 spiro atoms. The zero-order valence-electron chi connectivity index (χ0n) is 29.5. The fraction of sp³-hybridized carbons (Fsp3) is 0.256. The third kappa shape index (κ3) is 7.56. The highest BCUT2D eigenvalue weighted by Crippen LogP contribution is 2.41. The molecule has 0 unspecified atom stereocenters. The SMILES string of the molecule is C=CC(=O)N1CC(COc2cc(-c3cc(Cl)c(O)c(OC)c3)cn3cncc23)C1.COc1cc(-c2cc(OCC3CNC3)c3cncn3c2)cc(Cl)c1O. The second-order valence-corrected chi connectivity index (χ2v) is 13.9. The third-order valence-electron chi connectivity index (χ3n) is 9.39. The number of imidazole rings is 2. The number of halogens is 2. The summed E-state index contributed by atoms with van der Waals surface area (Å²) < 4.78 is 26.3. The van der Waals surface area contributed by atoms with Gasteiger partial charge >= 0.3 is 0 Å². The summed E-state index contributed by atoms with van der Waals surface area (Å²) in [5.74, 6) is 2.66. The van der Waals surface area contributed by atoms with Crippen LogP contribution >= 0.6 is 23.2 Å². The van der Waals surface area contributed by atoms with E-state index in [1.165, 1.54) is 20.3 Å². The maximum atomic E-state index is 11.6. The minimum absolute atomic E-state index is 0.0559. The number of carbonyl (C=O) groups excluding carboxylic acids is 1. The van der Waals surface area contributed by atoms with Crippen LogP contribution in [0.1, 0.15) is 0 Å². The van der Waals surface area contributed by atoms with Crippen molar-refractivity contribution in [2.45, 2.75) is 0 Å². The van der Waals surface area contributed by atoms with Gasteiger partial charge in [-0.2, -0.15) is 0 Å². The molecule has 4 aromatic heterocycles. The highest BCUT2D eigenvalue weighted by atomic mass is 35.5. The van der Waals surface area contributed by atoms with E-state index in [2.05, 4.69) is 21.9 Å². The number of hydrogen-bond donors (Lipinski definition) is 3. The molecule has 2 aliphatic rings. The van der Waals surface area contributed by atoms with Crippen LogP contribution in [0.4, 0.5) is 0 Å². The van der Waals surface area contributed by atoms with Gasteiger partial charge in [0.1, 0.15) is 22.5 Å². The Kier molecular flexibility index (Phi) is 10.7. The quantitative estimate of drug-likeness (QED) is 0.127. The molecule has 280 valence electrons. The molecule has 2 saturated heterocycles. The lowest BCUT2D eigenvalue weighted by molar-refractivity contribution is -0.132. The maximum absolute atomic E-state index is 11.6. The summed E-state index contributed by atoms with van der Waals surface area (Å²) in [6.07, 6.45) is 12.1. The number of aromatic nitrogens is 4. The van der Waals surface area contributed by atoms with Gasteiger partial charge in [-0.3, -0.25) is 4.79 Å². The summed E-state index contributed by atoms with van der Waals surface area (Å²) in [6.45, 7) is 7.95. The number of hydrogen-bond acceptors (Lipinski definition) is 10. The largest absolute Gasteiger partial charge is 0.503 e. The summed E-state index contributed by atoms with van der Waals surface area (Å²) in [6, 6.07) is 10.7. The van der Waals surface area contributed by atoms with Crippen molar-refractivity contribution in [3.8, 4) is 56.8 Å². The number of amides is 1. The van der Waals surface area contributed by atoms with Gasteiger partial charge in [0.2, 0.25) is 5.91 Å². The number of likely N-dealkylation sites (tertiary alicyclic amines) is 1. The number of rotatable bonds is 11. The van der Waals surface area contributed by atoms with E-state index in [9.17, 15) is 15.0 Å². The van der Waals surface area contributed by atoms with Crippen molar-refractivity contribution in [3.63, 3.8) is 0 Å². The van der Waals surface area contributed by atoms with E-state index >= 15 is 0 Å². The summed E-state index contributed by atoms with van der Waals surface area (Å²) in [7, 11) is 2.97. The van der Waals surface area contributed by atoms with E-state index in [0.717, 1.165) is 52.1 Å². The molecule has 2 fully saturated rings. The average Bonchev–Trinajstić information content (AvgIpc) is 3.82. The van der Waals surface area contributed by atoms with Gasteiger partial charge in [-0.05, 0) is 53.6 Å². The fourth-order valence-electron chi connectivity index (χ4n) is 6.21. The van der Waals surface area contributed by atoms with Crippen LogP contribution < -0.4 is 24.3 Å². The molecular weight excluding hydrogens is 735 g/mol. The van der Waals surface area contributed by atoms with Crippen LogP contribution in [-0.4, -0.2) is 93.4 Å². The molecule has 2 aromatic carbocycles. The molecule has 6 heterocycles. The number of benzene rings is 2. The Bertz CT molecular complexity index is 2330. The van der Waals surface area contributed by atoms with Crippen LogP contribution in [0.3, 0.4) is 0 Å². The lowest BCUT2D eigenvalue weighted by Gasteiger charge is -2.38. The highest BCUT2D eigenvalue weighted by molar-refractivity contribution is 6.33. The number of carbonyl (C=O) groups is 1. The topological polar surface area (TPSA) is 144 Å². The van der Waals surface area contributed by atoms with Crippen molar-refractivity contribution in [2.24, 2.45) is 11.8 Å². The van der Waals surface area contributed by atoms with Gasteiger partial charge in [0.25, 0.3) is 0 Å². The number of phenols is 2. The maximum Gasteiger partial charge on any atom is 0.245 e. The molecule has 1 amide bonds. The van der Waals surface area contributed by atoms with Gasteiger partial charge in [0.15, 0.2) is 23.0 Å². The van der Waals surface area contributed by atoms with Crippen LogP contribution in [0.15, 0.2) is 86.5 Å². The van der Waals surface area contributed by atoms with E-state index in [-0.39, 0.29) is 33.4 Å². The fourth-order valence-corrected chi connectivity index (χ4v) is 6.63. The van der Waals surface area contributed by atoms with Gasteiger partial charge in [0.05, 0.1) is 62.5 Å². The van der Waals surface area contributed by atoms with E-state index in [4.69, 9.17) is 42.1 Å². The predicted molar refractivity (Wildman–Crippen MR) is 205 cm³/mol. The number of methoxy groups -OCH3 is 2. The summed E-state index contributed by atoms with van der Waals surface area (Å²) in [5.41, 5.74) is 5.08. The average molecular weight is 774 g/mol. The van der Waals surface area contributed by atoms with Gasteiger partial charge < -0.3 is 48.2 Å². The number of fused-ring (bicyclic) bond motifs is 2. The Morgan fingerprint density at radius 3 is 1.67 bits per heavy atom. The Morgan fingerprint density at radius 2 is 1.24 bits per heavy atom. The first kappa shape index (κ1) is 36.7. The molecule has 2 aliphatic heterocycles. The lowest BCUT2D eigenvalue weighted by Crippen LogP contribution is -2.51. The number of ether oxygens (including phenoxy) is 4. The second kappa shape index (κ2) is 15.8. The molecule has 0 radical (unpaired) electrons. The number of pyridine rings is 2. The Morgan fingerprint density at radius 1 is 0.778 bits per heavy atom. The Hall–Kier alpha value is -5.63. The number of nitrogens with one attached hydrogen (secondary N) is 1. The van der Waals surface area contributed by atoms with Gasteiger partial charge in [-0.1, -0.05) is 29.8 Å². The van der Waals surface area contributed by atoms with Crippen molar-refractivity contribution < 1.29 is 34.0 Å². The Labute approximate surface area is 320 Å². The molecule has 8 rings (SSSR count). The first-order chi connectivity index (χ1) is 26.1. The zero-order chi connectivity index (χ0) is 37.9. The van der Waals surface area contributed by atoms with Crippen molar-refractivity contribution >= 4 is 40.1 Å². The van der Waals surface area contributed by atoms with Crippen molar-refractivity contribution in [2.75, 3.05) is 53.6 Å². The van der Waals surface area contributed by atoms with Crippen molar-refractivity contribution in [1.82, 2.24) is 29.0 Å². The molecule has 0 aliphatic carbocycles. The van der Waals surface area contributed by atoms with Crippen LogP contribution in [0.5, 0.6) is 34.5 Å². The van der Waals surface area contributed by atoms with E-state index < -0.39 is 0 Å². The monoisotopic (exact) mass is 772 g/mol. The lowest BCUT2D eigenvalue weighted by atomic mass is 10.0. The number of aromatic hydroxyl groups is 2. The molecule has 3 N–H and O–H groups in total. The van der Waals surface area contributed by atoms with Gasteiger partial charge in [-0.25, -0.2) is 9.97 Å². The molecule has 0 atom stereocenters. The molecule has 0 bridgehead atoms. The van der Waals surface area contributed by atoms with Gasteiger partial charge in [-0.15, -0.1) is 0 Å². The molecular formula is C39H38Cl2N6O7. The van der Waals surface area contributed by atoms with E-state index in [1.807, 2.05) is 33.3 Å². The standard InChI is InChI=1S/C21H20ClN3O4.C18H18ClN3O3/c1-3-20(26)24-8-13(9-24)11-29-18-6-15(10-25-12-23-7-17(18)25)14-4-16(22)21(27)19(5-14)28-2;1-24-17-3-12(2-14(19)18(17)23)13-4-16(25-9-11-5-20-6-11)15-7-21-10-22(15)8-13/h3-7,10,12-13,27H,1,8-9,11H2,2H3;2-4,7-8,10-11,20,23H,5-6,9H2,1H3. The minimum Gasteiger partial charge on any atom is -0.503 e. The van der Waals surface area contributed by atoms with E-state index in [0.29, 0.717) is 49.5 Å². The summed E-state index contributed by atoms with van der Waals surface area (Å²) in [5, 5.41) is 23.6. The first-order valence-electron chi connectivity index (χ1n) is 17.1. The molecule has 15 heteroatoms. The van der Waals surface area contributed by atoms with Crippen LogP contribution in [0.2, 0.25) is 10.0 Å². The molecule has 0 saturated carbocycles. The molecule has 13 nitrogen and oxygen atoms in total. The second-order valence-electron chi connectivity index (χ2n) is 13.0. The normalized spacial score (nSPS) is 14.2. The molecule has 54 heavy (non-hydrogen) atoms. The summed E-state index contributed by atoms with van der Waals surface area (Å²) >= 11 is 12.3. The van der Waals surface area contributed by atoms with Gasteiger partial charge in [0, 0.05) is 61.5 Å². The predicted octanol–water partition coefficient (Wildman–Crippen LogP) is 6.36. The number of nitrogens with zero attached hydrogens (tertiary/aromatic N) is 5. The van der Waals surface area contributed by atoms with Crippen LogP contribution in [0.25, 0.3) is 33.3 Å². The highest BCUT2D eigenvalue weighted by Gasteiger charge is 2.30. The van der Waals surface area contributed by atoms with Crippen LogP contribution in [0, 0.1) is 11.8 Å². The minimum atomic E-state index is -0.0956. The Balaban J connectivity index is 0.000000168. The number of phenolic OH excluding ortho intramolecular Hbond substituents is 2. The van der Waals surface area contributed by atoms with Crippen molar-refractivity contribution in [3.05, 3.63) is 96.5 Å². The smallest absolute Gasteiger partial charge is 0.245 e. The molecule has 6 aromatic rings. The summed E-state index contributed by atoms with van der Waals surface area (Å²) in [4.78, 5) is 21.7.